The van der Waals surface area contributed by atoms with Crippen molar-refractivity contribution in [1.82, 2.24) is 4.98 Å². The molecule has 0 aliphatic heterocycles. The van der Waals surface area contributed by atoms with Gasteiger partial charge in [-0.25, -0.2) is 0 Å². The number of nitriles is 1. The standard InChI is InChI=1S/C7H4F3N3O2/c8-7(9,10)15-4-1-3(2-11)5(12)6(14)13-4/h1H,12H2,(H,13,14). The van der Waals surface area contributed by atoms with Crippen LogP contribution < -0.4 is 16.0 Å². The second kappa shape index (κ2) is 3.53. The third-order valence-corrected chi connectivity index (χ3v) is 1.39. The lowest BCUT2D eigenvalue weighted by Crippen LogP contribution is -2.21. The lowest BCUT2D eigenvalue weighted by molar-refractivity contribution is -0.276. The Hall–Kier alpha value is -2.17. The van der Waals surface area contributed by atoms with E-state index < -0.39 is 23.5 Å². The average molecular weight is 219 g/mol. The topological polar surface area (TPSA) is 91.9 Å². The highest BCUT2D eigenvalue weighted by Gasteiger charge is 2.31. The molecule has 0 unspecified atom stereocenters. The van der Waals surface area contributed by atoms with Crippen molar-refractivity contribution >= 4 is 5.69 Å². The number of halogens is 3. The third-order valence-electron chi connectivity index (χ3n) is 1.39. The second-order valence-electron chi connectivity index (χ2n) is 2.45. The molecule has 1 aromatic rings. The fraction of sp³-hybridized carbons (Fsp3) is 0.143. The van der Waals surface area contributed by atoms with Crippen molar-refractivity contribution in [2.24, 2.45) is 0 Å². The maximum absolute atomic E-state index is 11.8. The van der Waals surface area contributed by atoms with Gasteiger partial charge in [-0.1, -0.05) is 0 Å². The average Bonchev–Trinajstić information content (AvgIpc) is 2.08. The van der Waals surface area contributed by atoms with E-state index in [1.807, 2.05) is 0 Å². The van der Waals surface area contributed by atoms with Crippen molar-refractivity contribution in [1.29, 1.82) is 5.26 Å². The van der Waals surface area contributed by atoms with Crippen LogP contribution in [0.15, 0.2) is 10.9 Å². The predicted molar refractivity (Wildman–Crippen MR) is 42.9 cm³/mol. The Labute approximate surface area is 80.9 Å². The molecular formula is C7H4F3N3O2. The Bertz CT molecular complexity index is 472. The van der Waals surface area contributed by atoms with Gasteiger partial charge in [0.05, 0.1) is 5.56 Å². The molecule has 0 aromatic carbocycles. The summed E-state index contributed by atoms with van der Waals surface area (Å²) >= 11 is 0. The van der Waals surface area contributed by atoms with E-state index in [0.717, 1.165) is 0 Å². The monoisotopic (exact) mass is 219 g/mol. The lowest BCUT2D eigenvalue weighted by atomic mass is 10.2. The van der Waals surface area contributed by atoms with Crippen LogP contribution in [-0.2, 0) is 0 Å². The largest absolute Gasteiger partial charge is 0.574 e. The number of aromatic amines is 1. The maximum Gasteiger partial charge on any atom is 0.574 e. The number of H-pyrrole nitrogens is 1. The molecular weight excluding hydrogens is 215 g/mol. The maximum atomic E-state index is 11.8. The molecule has 0 saturated carbocycles. The van der Waals surface area contributed by atoms with Gasteiger partial charge in [0, 0.05) is 6.07 Å². The number of nitrogens with two attached hydrogens (primary N) is 1. The van der Waals surface area contributed by atoms with Gasteiger partial charge < -0.3 is 10.5 Å². The minimum Gasteiger partial charge on any atom is -0.393 e. The molecule has 0 fully saturated rings. The van der Waals surface area contributed by atoms with E-state index in [0.29, 0.717) is 6.07 Å². The number of alkyl halides is 3. The van der Waals surface area contributed by atoms with E-state index in [-0.39, 0.29) is 5.56 Å². The van der Waals surface area contributed by atoms with Crippen molar-refractivity contribution in [2.75, 3.05) is 5.73 Å². The SMILES string of the molecule is N#Cc1cc(OC(F)(F)F)[nH]c(=O)c1N. The van der Waals surface area contributed by atoms with Gasteiger partial charge in [-0.2, -0.15) is 5.26 Å². The summed E-state index contributed by atoms with van der Waals surface area (Å²) in [6, 6.07) is 2.17. The molecule has 0 aliphatic carbocycles. The highest BCUT2D eigenvalue weighted by Crippen LogP contribution is 2.21. The first kappa shape index (κ1) is 10.9. The van der Waals surface area contributed by atoms with Gasteiger partial charge in [0.25, 0.3) is 5.56 Å². The first-order valence-corrected chi connectivity index (χ1v) is 3.52. The zero-order valence-electron chi connectivity index (χ0n) is 7.05. The molecule has 0 bridgehead atoms. The van der Waals surface area contributed by atoms with Crippen molar-refractivity contribution in [3.8, 4) is 11.9 Å². The molecule has 1 rings (SSSR count). The van der Waals surface area contributed by atoms with Crippen LogP contribution in [0.5, 0.6) is 5.88 Å². The smallest absolute Gasteiger partial charge is 0.393 e. The molecule has 15 heavy (non-hydrogen) atoms. The summed E-state index contributed by atoms with van der Waals surface area (Å²) in [6.45, 7) is 0. The number of rotatable bonds is 1. The van der Waals surface area contributed by atoms with E-state index in [4.69, 9.17) is 11.0 Å². The number of ether oxygens (including phenoxy) is 1. The molecule has 0 spiro atoms. The number of pyridine rings is 1. The van der Waals surface area contributed by atoms with E-state index >= 15 is 0 Å². The third kappa shape index (κ3) is 2.63. The number of hydrogen-bond acceptors (Lipinski definition) is 4. The number of nitrogen functional groups attached to an aromatic ring is 1. The molecule has 0 amide bonds. The second-order valence-corrected chi connectivity index (χ2v) is 2.45. The molecule has 5 nitrogen and oxygen atoms in total. The van der Waals surface area contributed by atoms with Crippen LogP contribution in [0.25, 0.3) is 0 Å². The van der Waals surface area contributed by atoms with Gasteiger partial charge in [-0.15, -0.1) is 13.2 Å². The van der Waals surface area contributed by atoms with Crippen molar-refractivity contribution in [2.45, 2.75) is 6.36 Å². The number of hydrogen-bond donors (Lipinski definition) is 2. The summed E-state index contributed by atoms with van der Waals surface area (Å²) in [5.41, 5.74) is 3.29. The van der Waals surface area contributed by atoms with Gasteiger partial charge in [0.15, 0.2) is 0 Å². The predicted octanol–water partition coefficient (Wildman–Crippen LogP) is 0.727. The Morgan fingerprint density at radius 2 is 2.13 bits per heavy atom. The zero-order valence-corrected chi connectivity index (χ0v) is 7.05. The van der Waals surface area contributed by atoms with Gasteiger partial charge in [-0.3, -0.25) is 9.78 Å². The van der Waals surface area contributed by atoms with Gasteiger partial charge in [-0.05, 0) is 0 Å². The lowest BCUT2D eigenvalue weighted by Gasteiger charge is -2.08. The molecule has 0 radical (unpaired) electrons. The molecule has 1 heterocycles. The number of nitrogens with one attached hydrogen (secondary N) is 1. The summed E-state index contributed by atoms with van der Waals surface area (Å²) in [7, 11) is 0. The summed E-state index contributed by atoms with van der Waals surface area (Å²) < 4.78 is 38.7. The fourth-order valence-electron chi connectivity index (χ4n) is 0.819. The fourth-order valence-corrected chi connectivity index (χ4v) is 0.819. The number of nitrogens with zero attached hydrogens (tertiary/aromatic N) is 1. The Balaban J connectivity index is 3.20. The quantitative estimate of drug-likeness (QED) is 0.728. The van der Waals surface area contributed by atoms with Gasteiger partial charge in [0.2, 0.25) is 5.88 Å². The van der Waals surface area contributed by atoms with Crippen LogP contribution in [0.3, 0.4) is 0 Å². The summed E-state index contributed by atoms with van der Waals surface area (Å²) in [6.07, 6.45) is -4.94. The van der Waals surface area contributed by atoms with Crippen LogP contribution >= 0.6 is 0 Å². The summed E-state index contributed by atoms with van der Waals surface area (Å²) in [5, 5.41) is 8.45. The molecule has 1 aromatic heterocycles. The summed E-state index contributed by atoms with van der Waals surface area (Å²) in [4.78, 5) is 12.7. The van der Waals surface area contributed by atoms with Gasteiger partial charge >= 0.3 is 6.36 Å². The first-order chi connectivity index (χ1) is 6.83. The Morgan fingerprint density at radius 1 is 1.53 bits per heavy atom. The van der Waals surface area contributed by atoms with E-state index in [9.17, 15) is 18.0 Å². The first-order valence-electron chi connectivity index (χ1n) is 3.52. The van der Waals surface area contributed by atoms with E-state index in [1.165, 1.54) is 6.07 Å². The highest BCUT2D eigenvalue weighted by molar-refractivity contribution is 5.53. The molecule has 0 saturated heterocycles. The van der Waals surface area contributed by atoms with Crippen LogP contribution in [0, 0.1) is 11.3 Å². The molecule has 0 aliphatic rings. The molecule has 80 valence electrons. The molecule has 3 N–H and O–H groups in total. The minimum atomic E-state index is -4.94. The Morgan fingerprint density at radius 3 is 2.60 bits per heavy atom. The number of anilines is 1. The van der Waals surface area contributed by atoms with Crippen LogP contribution in [-0.4, -0.2) is 11.3 Å². The van der Waals surface area contributed by atoms with Crippen molar-refractivity contribution < 1.29 is 17.9 Å². The van der Waals surface area contributed by atoms with E-state index in [1.54, 1.807) is 4.98 Å². The number of aromatic nitrogens is 1. The van der Waals surface area contributed by atoms with Crippen LogP contribution in [0.2, 0.25) is 0 Å². The molecule has 0 atom stereocenters. The molecule has 8 heteroatoms. The van der Waals surface area contributed by atoms with E-state index in [2.05, 4.69) is 4.74 Å². The van der Waals surface area contributed by atoms with Crippen molar-refractivity contribution in [3.63, 3.8) is 0 Å². The Kier molecular flexibility index (Phi) is 2.57. The zero-order chi connectivity index (χ0) is 11.6. The normalized spacial score (nSPS) is 10.8. The van der Waals surface area contributed by atoms with Crippen LogP contribution in [0.4, 0.5) is 18.9 Å². The van der Waals surface area contributed by atoms with Gasteiger partial charge in [0.1, 0.15) is 11.8 Å². The minimum absolute atomic E-state index is 0.377. The summed E-state index contributed by atoms with van der Waals surface area (Å²) in [5.74, 6) is -0.877. The van der Waals surface area contributed by atoms with Crippen molar-refractivity contribution in [3.05, 3.63) is 22.0 Å². The highest BCUT2D eigenvalue weighted by atomic mass is 19.4. The van der Waals surface area contributed by atoms with Crippen LogP contribution in [0.1, 0.15) is 5.56 Å².